The van der Waals surface area contributed by atoms with Crippen LogP contribution in [0.15, 0.2) is 53.3 Å². The summed E-state index contributed by atoms with van der Waals surface area (Å²) in [7, 11) is 0. The van der Waals surface area contributed by atoms with Gasteiger partial charge in [-0.25, -0.2) is 14.6 Å². The van der Waals surface area contributed by atoms with Crippen LogP contribution in [-0.2, 0) is 16.9 Å². The third-order valence-corrected chi connectivity index (χ3v) is 8.81. The van der Waals surface area contributed by atoms with E-state index in [4.69, 9.17) is 34.8 Å². The molecule has 1 fully saturated rings. The number of benzene rings is 2. The molecule has 224 valence electrons. The molecule has 2 aliphatic heterocycles. The van der Waals surface area contributed by atoms with Crippen molar-refractivity contribution in [3.05, 3.63) is 65.6 Å². The van der Waals surface area contributed by atoms with E-state index in [9.17, 15) is 10.2 Å². The molecule has 5 heterocycles. The standard InChI is InChI=1S/C30H27N7O6S/c1-15-19(27(43-36-15)18-6-7-20-21(10-18)41-14-40-20)11-44-12-22-25(38)26(39)30(42-22)37-29-23(28(32)33-13-34-29)24(35-37)17-4-2-16(3-5-17)8-9-31/h2-7,10,13,22,25-26,30,38-39H,8,11-12,14H2,1H3,(H2,32,33,34)/t22-,25-,26-,30-/m1/s1. The van der Waals surface area contributed by atoms with Gasteiger partial charge in [0.25, 0.3) is 0 Å². The minimum Gasteiger partial charge on any atom is -0.454 e. The molecule has 5 aromatic rings. The zero-order valence-corrected chi connectivity index (χ0v) is 24.3. The van der Waals surface area contributed by atoms with Gasteiger partial charge in [0.1, 0.15) is 30.0 Å². The van der Waals surface area contributed by atoms with Crippen LogP contribution in [0.1, 0.15) is 23.0 Å². The normalized spacial score (nSPS) is 20.8. The van der Waals surface area contributed by atoms with E-state index in [1.165, 1.54) is 22.8 Å². The molecule has 0 amide bonds. The maximum atomic E-state index is 11.1. The van der Waals surface area contributed by atoms with Gasteiger partial charge in [0.2, 0.25) is 6.79 Å². The minimum absolute atomic E-state index is 0.180. The summed E-state index contributed by atoms with van der Waals surface area (Å²) >= 11 is 1.52. The van der Waals surface area contributed by atoms with Gasteiger partial charge in [-0.2, -0.15) is 22.1 Å². The predicted molar refractivity (Wildman–Crippen MR) is 159 cm³/mol. The van der Waals surface area contributed by atoms with Gasteiger partial charge in [0.05, 0.1) is 29.7 Å². The number of nitriles is 1. The minimum atomic E-state index is -1.27. The average Bonchev–Trinajstić information content (AvgIpc) is 3.80. The molecule has 2 aromatic carbocycles. The number of nitrogen functional groups attached to an aromatic ring is 1. The molecule has 44 heavy (non-hydrogen) atoms. The summed E-state index contributed by atoms with van der Waals surface area (Å²) < 4.78 is 24.2. The molecule has 7 rings (SSSR count). The molecule has 0 saturated carbocycles. The average molecular weight is 614 g/mol. The Morgan fingerprint density at radius 1 is 1.07 bits per heavy atom. The fourth-order valence-corrected chi connectivity index (χ4v) is 6.59. The third kappa shape index (κ3) is 4.89. The molecule has 14 heteroatoms. The van der Waals surface area contributed by atoms with Gasteiger partial charge in [-0.3, -0.25) is 0 Å². The Morgan fingerprint density at radius 2 is 1.86 bits per heavy atom. The number of ether oxygens (including phenoxy) is 3. The van der Waals surface area contributed by atoms with Gasteiger partial charge in [-0.05, 0) is 30.7 Å². The Kier molecular flexibility index (Phi) is 7.31. The van der Waals surface area contributed by atoms with E-state index in [-0.39, 0.29) is 19.0 Å². The first kappa shape index (κ1) is 28.1. The van der Waals surface area contributed by atoms with E-state index in [0.29, 0.717) is 45.5 Å². The number of hydrogen-bond acceptors (Lipinski definition) is 13. The molecule has 0 spiro atoms. The second-order valence-corrected chi connectivity index (χ2v) is 11.5. The number of aromatic nitrogens is 5. The molecule has 0 unspecified atom stereocenters. The summed E-state index contributed by atoms with van der Waals surface area (Å²) in [4.78, 5) is 8.52. The Balaban J connectivity index is 1.10. The van der Waals surface area contributed by atoms with Crippen LogP contribution < -0.4 is 15.2 Å². The van der Waals surface area contributed by atoms with Crippen molar-refractivity contribution in [2.75, 3.05) is 18.3 Å². The number of anilines is 1. The summed E-state index contributed by atoms with van der Waals surface area (Å²) in [5.74, 6) is 3.10. The highest BCUT2D eigenvalue weighted by molar-refractivity contribution is 7.98. The maximum Gasteiger partial charge on any atom is 0.231 e. The SMILES string of the molecule is Cc1noc(-c2ccc3c(c2)OCO3)c1CSC[C@H]1O[C@@H](n2nc(-c3ccc(CC#N)cc3)c3c(N)ncnc32)[C@H](O)[C@@H]1O. The second kappa shape index (κ2) is 11.4. The number of aliphatic hydroxyl groups is 2. The van der Waals surface area contributed by atoms with Crippen LogP contribution in [0, 0.1) is 18.3 Å². The van der Waals surface area contributed by atoms with Crippen LogP contribution in [0.25, 0.3) is 33.6 Å². The van der Waals surface area contributed by atoms with Crippen molar-refractivity contribution in [1.29, 1.82) is 5.26 Å². The van der Waals surface area contributed by atoms with Crippen LogP contribution in [0.4, 0.5) is 5.82 Å². The lowest BCUT2D eigenvalue weighted by atomic mass is 10.1. The van der Waals surface area contributed by atoms with Gasteiger partial charge in [-0.1, -0.05) is 29.4 Å². The van der Waals surface area contributed by atoms with Crippen LogP contribution in [0.2, 0.25) is 0 Å². The van der Waals surface area contributed by atoms with E-state index in [1.807, 2.05) is 49.4 Å². The van der Waals surface area contributed by atoms with Crippen LogP contribution >= 0.6 is 11.8 Å². The first-order valence-electron chi connectivity index (χ1n) is 13.8. The Morgan fingerprint density at radius 3 is 2.68 bits per heavy atom. The topological polar surface area (TPSA) is 188 Å². The van der Waals surface area contributed by atoms with E-state index < -0.39 is 24.5 Å². The molecule has 0 bridgehead atoms. The fraction of sp³-hybridized carbons (Fsp3) is 0.300. The van der Waals surface area contributed by atoms with E-state index in [2.05, 4.69) is 21.2 Å². The number of fused-ring (bicyclic) bond motifs is 2. The third-order valence-electron chi connectivity index (χ3n) is 7.75. The molecular formula is C30H27N7O6S. The zero-order valence-electron chi connectivity index (χ0n) is 23.5. The lowest BCUT2D eigenvalue weighted by Gasteiger charge is -2.15. The smallest absolute Gasteiger partial charge is 0.231 e. The number of thioether (sulfide) groups is 1. The number of aryl methyl sites for hydroxylation is 1. The lowest BCUT2D eigenvalue weighted by molar-refractivity contribution is -0.0360. The van der Waals surface area contributed by atoms with Crippen molar-refractivity contribution in [2.24, 2.45) is 0 Å². The van der Waals surface area contributed by atoms with Crippen molar-refractivity contribution in [3.63, 3.8) is 0 Å². The summed E-state index contributed by atoms with van der Waals surface area (Å²) in [5.41, 5.74) is 11.2. The monoisotopic (exact) mass is 613 g/mol. The summed E-state index contributed by atoms with van der Waals surface area (Å²) in [5, 5.41) is 40.5. The van der Waals surface area contributed by atoms with Crippen LogP contribution in [0.5, 0.6) is 11.5 Å². The molecule has 3 aromatic heterocycles. The molecule has 4 N–H and O–H groups in total. The van der Waals surface area contributed by atoms with Gasteiger partial charge in [0.15, 0.2) is 29.1 Å². The summed E-state index contributed by atoms with van der Waals surface area (Å²) in [6.45, 7) is 2.06. The van der Waals surface area contributed by atoms with Gasteiger partial charge < -0.3 is 34.7 Å². The number of hydrogen-bond donors (Lipinski definition) is 3. The van der Waals surface area contributed by atoms with E-state index >= 15 is 0 Å². The molecule has 4 atom stereocenters. The number of nitrogens with zero attached hydrogens (tertiary/aromatic N) is 6. The van der Waals surface area contributed by atoms with Crippen LogP contribution in [-0.4, -0.2) is 66.0 Å². The van der Waals surface area contributed by atoms with Crippen LogP contribution in [0.3, 0.4) is 0 Å². The molecule has 2 aliphatic rings. The van der Waals surface area contributed by atoms with Gasteiger partial charge in [-0.15, -0.1) is 0 Å². The highest BCUT2D eigenvalue weighted by atomic mass is 32.2. The highest BCUT2D eigenvalue weighted by Crippen LogP contribution is 2.40. The second-order valence-electron chi connectivity index (χ2n) is 10.5. The number of aliphatic hydroxyl groups excluding tert-OH is 2. The maximum absolute atomic E-state index is 11.1. The van der Waals surface area contributed by atoms with Crippen molar-refractivity contribution in [3.8, 4) is 40.1 Å². The Labute approximate surface area is 255 Å². The first-order valence-corrected chi connectivity index (χ1v) is 15.0. The number of nitrogens with two attached hydrogens (primary N) is 1. The largest absolute Gasteiger partial charge is 0.454 e. The van der Waals surface area contributed by atoms with Crippen molar-refractivity contribution >= 4 is 28.6 Å². The molecular weight excluding hydrogens is 586 g/mol. The zero-order chi connectivity index (χ0) is 30.4. The van der Waals surface area contributed by atoms with Crippen molar-refractivity contribution < 1.29 is 28.9 Å². The lowest BCUT2D eigenvalue weighted by Crippen LogP contribution is -2.32. The molecule has 13 nitrogen and oxygen atoms in total. The summed E-state index contributed by atoms with van der Waals surface area (Å²) in [6, 6.07) is 15.1. The highest BCUT2D eigenvalue weighted by Gasteiger charge is 2.45. The molecule has 0 radical (unpaired) electrons. The van der Waals surface area contributed by atoms with E-state index in [0.717, 1.165) is 27.9 Å². The fourth-order valence-electron chi connectivity index (χ4n) is 5.42. The molecule has 1 saturated heterocycles. The van der Waals surface area contributed by atoms with E-state index in [1.54, 1.807) is 0 Å². The Hall–Kier alpha value is -4.68. The predicted octanol–water partition coefficient (Wildman–Crippen LogP) is 3.39. The Bertz CT molecular complexity index is 1890. The van der Waals surface area contributed by atoms with Crippen molar-refractivity contribution in [1.82, 2.24) is 24.9 Å². The molecule has 0 aliphatic carbocycles. The van der Waals surface area contributed by atoms with Gasteiger partial charge in [0, 0.05) is 28.2 Å². The van der Waals surface area contributed by atoms with Crippen molar-refractivity contribution in [2.45, 2.75) is 43.6 Å². The quantitative estimate of drug-likeness (QED) is 0.231. The summed E-state index contributed by atoms with van der Waals surface area (Å²) in [6.07, 6.45) is -2.54. The van der Waals surface area contributed by atoms with Gasteiger partial charge >= 0.3 is 0 Å². The number of rotatable bonds is 8. The first-order chi connectivity index (χ1) is 21.4.